The molecule has 3 aromatic heterocycles. The first-order chi connectivity index (χ1) is 16.2. The Bertz CT molecular complexity index is 1230. The summed E-state index contributed by atoms with van der Waals surface area (Å²) in [5.41, 5.74) is 2.72. The SMILES string of the molecule is Cc1ccc(-c2ncccc2C)c(C(=O)N2CC3CC(Nc4ccc(C(F)(F)F)cn4)C2C3)n1. The molecule has 5 rings (SSSR count). The first-order valence-electron chi connectivity index (χ1n) is 11.2. The number of fused-ring (bicyclic) bond motifs is 2. The van der Waals surface area contributed by atoms with Crippen LogP contribution in [-0.2, 0) is 6.18 Å². The van der Waals surface area contributed by atoms with Gasteiger partial charge in [0.25, 0.3) is 5.91 Å². The molecule has 1 saturated carbocycles. The number of halogens is 3. The molecule has 0 spiro atoms. The summed E-state index contributed by atoms with van der Waals surface area (Å²) in [6.07, 6.45) is -0.216. The summed E-state index contributed by atoms with van der Waals surface area (Å²) >= 11 is 0. The first-order valence-corrected chi connectivity index (χ1v) is 11.2. The van der Waals surface area contributed by atoms with Crippen molar-refractivity contribution in [2.45, 2.75) is 44.9 Å². The number of anilines is 1. The number of hydrogen-bond acceptors (Lipinski definition) is 5. The maximum Gasteiger partial charge on any atom is 0.417 e. The number of aryl methyl sites for hydroxylation is 2. The minimum absolute atomic E-state index is 0.0819. The van der Waals surface area contributed by atoms with Crippen LogP contribution in [0.25, 0.3) is 11.3 Å². The molecule has 1 aliphatic carbocycles. The van der Waals surface area contributed by atoms with E-state index in [4.69, 9.17) is 0 Å². The van der Waals surface area contributed by atoms with Gasteiger partial charge in [0.2, 0.25) is 0 Å². The minimum Gasteiger partial charge on any atom is -0.365 e. The average molecular weight is 467 g/mol. The van der Waals surface area contributed by atoms with Gasteiger partial charge in [-0.15, -0.1) is 0 Å². The number of piperidine rings is 1. The topological polar surface area (TPSA) is 71.0 Å². The van der Waals surface area contributed by atoms with E-state index in [0.29, 0.717) is 29.5 Å². The number of carbonyl (C=O) groups is 1. The highest BCUT2D eigenvalue weighted by Crippen LogP contribution is 2.40. The number of aromatic nitrogens is 3. The Morgan fingerprint density at radius 2 is 1.91 bits per heavy atom. The van der Waals surface area contributed by atoms with Crippen molar-refractivity contribution in [2.24, 2.45) is 5.92 Å². The molecule has 9 heteroatoms. The lowest BCUT2D eigenvalue weighted by atomic mass is 10.0. The molecule has 1 amide bonds. The quantitative estimate of drug-likeness (QED) is 0.592. The second-order valence-electron chi connectivity index (χ2n) is 9.06. The van der Waals surface area contributed by atoms with Gasteiger partial charge in [0.05, 0.1) is 17.3 Å². The van der Waals surface area contributed by atoms with E-state index in [9.17, 15) is 18.0 Å². The number of amides is 1. The molecule has 34 heavy (non-hydrogen) atoms. The number of nitrogens with one attached hydrogen (secondary N) is 1. The maximum atomic E-state index is 13.7. The molecule has 1 N–H and O–H groups in total. The van der Waals surface area contributed by atoms with Gasteiger partial charge in [-0.3, -0.25) is 9.78 Å². The summed E-state index contributed by atoms with van der Waals surface area (Å²) in [4.78, 5) is 28.6. The van der Waals surface area contributed by atoms with Crippen molar-refractivity contribution < 1.29 is 18.0 Å². The van der Waals surface area contributed by atoms with Crippen LogP contribution in [0.2, 0.25) is 0 Å². The number of rotatable bonds is 4. The van der Waals surface area contributed by atoms with Gasteiger partial charge in [0.1, 0.15) is 11.5 Å². The van der Waals surface area contributed by atoms with Crippen LogP contribution < -0.4 is 5.32 Å². The lowest BCUT2D eigenvalue weighted by Crippen LogP contribution is -2.48. The van der Waals surface area contributed by atoms with E-state index in [1.54, 1.807) is 6.20 Å². The van der Waals surface area contributed by atoms with Gasteiger partial charge < -0.3 is 10.2 Å². The van der Waals surface area contributed by atoms with Crippen LogP contribution in [0.4, 0.5) is 19.0 Å². The molecule has 2 aliphatic rings. The number of carbonyl (C=O) groups excluding carboxylic acids is 1. The third-order valence-electron chi connectivity index (χ3n) is 6.67. The van der Waals surface area contributed by atoms with Crippen LogP contribution >= 0.6 is 0 Å². The summed E-state index contributed by atoms with van der Waals surface area (Å²) in [6, 6.07) is 9.75. The summed E-state index contributed by atoms with van der Waals surface area (Å²) < 4.78 is 38.5. The zero-order valence-electron chi connectivity index (χ0n) is 18.8. The monoisotopic (exact) mass is 467 g/mol. The Labute approximate surface area is 195 Å². The summed E-state index contributed by atoms with van der Waals surface area (Å²) in [6.45, 7) is 4.44. The third-order valence-corrected chi connectivity index (χ3v) is 6.67. The molecule has 1 saturated heterocycles. The lowest BCUT2D eigenvalue weighted by molar-refractivity contribution is -0.137. The number of likely N-dealkylation sites (tertiary alicyclic amines) is 1. The van der Waals surface area contributed by atoms with E-state index < -0.39 is 11.7 Å². The fourth-order valence-corrected chi connectivity index (χ4v) is 5.07. The molecular formula is C25H24F3N5O. The molecule has 0 radical (unpaired) electrons. The number of nitrogens with zero attached hydrogens (tertiary/aromatic N) is 4. The van der Waals surface area contributed by atoms with Crippen LogP contribution in [0.15, 0.2) is 48.8 Å². The summed E-state index contributed by atoms with van der Waals surface area (Å²) in [5.74, 6) is 0.547. The highest BCUT2D eigenvalue weighted by Gasteiger charge is 2.47. The molecule has 3 aromatic rings. The third kappa shape index (κ3) is 4.10. The maximum absolute atomic E-state index is 13.7. The number of hydrogen-bond donors (Lipinski definition) is 1. The molecular weight excluding hydrogens is 443 g/mol. The van der Waals surface area contributed by atoms with E-state index in [1.807, 2.05) is 43.0 Å². The van der Waals surface area contributed by atoms with Gasteiger partial charge >= 0.3 is 6.18 Å². The summed E-state index contributed by atoms with van der Waals surface area (Å²) in [7, 11) is 0. The van der Waals surface area contributed by atoms with Crippen molar-refractivity contribution in [3.63, 3.8) is 0 Å². The standard InChI is InChI=1S/C25H24F3N5O/c1-14-4-3-9-29-22(14)18-7-5-15(2)31-23(18)24(34)33-13-16-10-19(20(33)11-16)32-21-8-6-17(12-30-21)25(26,27)28/h3-9,12,16,19-20H,10-11,13H2,1-2H3,(H,30,32). The van der Waals surface area contributed by atoms with E-state index in [1.165, 1.54) is 6.07 Å². The van der Waals surface area contributed by atoms with Gasteiger partial charge in [0.15, 0.2) is 0 Å². The van der Waals surface area contributed by atoms with Gasteiger partial charge in [0, 0.05) is 36.2 Å². The average Bonchev–Trinajstić information content (AvgIpc) is 3.40. The van der Waals surface area contributed by atoms with Crippen molar-refractivity contribution in [1.82, 2.24) is 19.9 Å². The normalized spacial score (nSPS) is 21.7. The molecule has 3 atom stereocenters. The molecule has 6 nitrogen and oxygen atoms in total. The van der Waals surface area contributed by atoms with Crippen LogP contribution in [-0.4, -0.2) is 44.4 Å². The molecule has 2 bridgehead atoms. The Balaban J connectivity index is 1.39. The minimum atomic E-state index is -4.42. The summed E-state index contributed by atoms with van der Waals surface area (Å²) in [5, 5.41) is 3.25. The van der Waals surface area contributed by atoms with Crippen LogP contribution in [0, 0.1) is 19.8 Å². The van der Waals surface area contributed by atoms with Crippen LogP contribution in [0.1, 0.15) is 40.2 Å². The Kier molecular flexibility index (Phi) is 5.50. The van der Waals surface area contributed by atoms with E-state index in [2.05, 4.69) is 20.3 Å². The lowest BCUT2D eigenvalue weighted by Gasteiger charge is -2.34. The van der Waals surface area contributed by atoms with Crippen molar-refractivity contribution in [2.75, 3.05) is 11.9 Å². The Hall–Kier alpha value is -3.49. The highest BCUT2D eigenvalue weighted by molar-refractivity contribution is 5.99. The van der Waals surface area contributed by atoms with Crippen molar-refractivity contribution in [1.29, 1.82) is 0 Å². The second kappa shape index (κ2) is 8.38. The molecule has 4 heterocycles. The highest BCUT2D eigenvalue weighted by atomic mass is 19.4. The first kappa shape index (κ1) is 22.3. The van der Waals surface area contributed by atoms with E-state index in [0.717, 1.165) is 42.1 Å². The van der Waals surface area contributed by atoms with Crippen molar-refractivity contribution in [3.05, 3.63) is 71.3 Å². The predicted octanol–water partition coefficient (Wildman–Crippen LogP) is 4.89. The molecule has 0 aromatic carbocycles. The zero-order chi connectivity index (χ0) is 24.0. The second-order valence-corrected chi connectivity index (χ2v) is 9.06. The number of pyridine rings is 3. The van der Waals surface area contributed by atoms with Crippen LogP contribution in [0.5, 0.6) is 0 Å². The predicted molar refractivity (Wildman–Crippen MR) is 121 cm³/mol. The van der Waals surface area contributed by atoms with E-state index in [-0.39, 0.29) is 18.0 Å². The Morgan fingerprint density at radius 3 is 2.59 bits per heavy atom. The van der Waals surface area contributed by atoms with E-state index >= 15 is 0 Å². The zero-order valence-corrected chi connectivity index (χ0v) is 18.8. The largest absolute Gasteiger partial charge is 0.417 e. The fraction of sp³-hybridized carbons (Fsp3) is 0.360. The molecule has 1 aliphatic heterocycles. The van der Waals surface area contributed by atoms with Gasteiger partial charge in [-0.2, -0.15) is 13.2 Å². The number of alkyl halides is 3. The van der Waals surface area contributed by atoms with Crippen molar-refractivity contribution >= 4 is 11.7 Å². The molecule has 3 unspecified atom stereocenters. The smallest absolute Gasteiger partial charge is 0.365 e. The molecule has 176 valence electrons. The van der Waals surface area contributed by atoms with Gasteiger partial charge in [-0.25, -0.2) is 9.97 Å². The van der Waals surface area contributed by atoms with Crippen LogP contribution in [0.3, 0.4) is 0 Å². The van der Waals surface area contributed by atoms with Gasteiger partial charge in [-0.05, 0) is 68.5 Å². The molecule has 2 fully saturated rings. The van der Waals surface area contributed by atoms with Crippen molar-refractivity contribution in [3.8, 4) is 11.3 Å². The van der Waals surface area contributed by atoms with Gasteiger partial charge in [-0.1, -0.05) is 6.07 Å². The Morgan fingerprint density at radius 1 is 1.09 bits per heavy atom. The fourth-order valence-electron chi connectivity index (χ4n) is 5.07.